The minimum Gasteiger partial charge on any atom is -0.316 e. The van der Waals surface area contributed by atoms with E-state index in [0.717, 1.165) is 6.54 Å². The summed E-state index contributed by atoms with van der Waals surface area (Å²) >= 11 is 0. The number of hydrogen-bond donors (Lipinski definition) is 1. The third-order valence-electron chi connectivity index (χ3n) is 3.53. The van der Waals surface area contributed by atoms with Crippen molar-refractivity contribution in [2.24, 2.45) is 0 Å². The van der Waals surface area contributed by atoms with Crippen molar-refractivity contribution in [1.29, 1.82) is 0 Å². The van der Waals surface area contributed by atoms with Gasteiger partial charge in [-0.25, -0.2) is 0 Å². The predicted octanol–water partition coefficient (Wildman–Crippen LogP) is 2.56. The second kappa shape index (κ2) is 5.46. The van der Waals surface area contributed by atoms with Crippen LogP contribution in [0.15, 0.2) is 24.3 Å². The third-order valence-corrected chi connectivity index (χ3v) is 3.53. The summed E-state index contributed by atoms with van der Waals surface area (Å²) in [6, 6.07) is 9.59. The Labute approximate surface area is 98.7 Å². The molecule has 1 aliphatic rings. The monoisotopic (exact) mass is 218 g/mol. The summed E-state index contributed by atoms with van der Waals surface area (Å²) in [5.41, 5.74) is 2.81. The minimum atomic E-state index is 0.575. The van der Waals surface area contributed by atoms with Crippen LogP contribution in [0.4, 0.5) is 0 Å². The van der Waals surface area contributed by atoms with E-state index in [4.69, 9.17) is 0 Å². The number of rotatable bonds is 4. The van der Waals surface area contributed by atoms with E-state index in [2.05, 4.69) is 41.4 Å². The molecule has 1 aromatic carbocycles. The molecule has 16 heavy (non-hydrogen) atoms. The summed E-state index contributed by atoms with van der Waals surface area (Å²) in [6.07, 6.45) is 2.73. The Hall–Kier alpha value is -0.860. The molecule has 0 aliphatic carbocycles. The molecule has 1 unspecified atom stereocenters. The molecule has 1 saturated heterocycles. The van der Waals surface area contributed by atoms with Crippen molar-refractivity contribution in [3.05, 3.63) is 35.4 Å². The molecule has 1 aliphatic heterocycles. The number of nitrogens with one attached hydrogen (secondary N) is 1. The molecule has 1 fully saturated rings. The van der Waals surface area contributed by atoms with Crippen molar-refractivity contribution >= 4 is 0 Å². The van der Waals surface area contributed by atoms with Gasteiger partial charge in [0.15, 0.2) is 0 Å². The summed E-state index contributed by atoms with van der Waals surface area (Å²) in [6.45, 7) is 5.80. The van der Waals surface area contributed by atoms with Gasteiger partial charge >= 0.3 is 0 Å². The Morgan fingerprint density at radius 2 is 1.81 bits per heavy atom. The van der Waals surface area contributed by atoms with Gasteiger partial charge in [0.05, 0.1) is 0 Å². The van der Waals surface area contributed by atoms with E-state index >= 15 is 0 Å². The first-order valence-corrected chi connectivity index (χ1v) is 6.29. The Balaban J connectivity index is 2.02. The van der Waals surface area contributed by atoms with Gasteiger partial charge in [0.25, 0.3) is 0 Å². The van der Waals surface area contributed by atoms with E-state index < -0.39 is 0 Å². The largest absolute Gasteiger partial charge is 0.316 e. The Kier molecular flexibility index (Phi) is 3.97. The molecule has 1 heterocycles. The summed E-state index contributed by atoms with van der Waals surface area (Å²) in [4.78, 5) is 2.58. The first-order chi connectivity index (χ1) is 7.81. The number of hydrogen-bond acceptors (Lipinski definition) is 2. The Morgan fingerprint density at radius 1 is 1.19 bits per heavy atom. The van der Waals surface area contributed by atoms with Crippen LogP contribution in [0.25, 0.3) is 0 Å². The quantitative estimate of drug-likeness (QED) is 0.835. The van der Waals surface area contributed by atoms with Crippen molar-refractivity contribution in [1.82, 2.24) is 10.2 Å². The van der Waals surface area contributed by atoms with Crippen LogP contribution in [-0.2, 0) is 6.54 Å². The van der Waals surface area contributed by atoms with Gasteiger partial charge in [-0.15, -0.1) is 0 Å². The van der Waals surface area contributed by atoms with Crippen molar-refractivity contribution in [3.63, 3.8) is 0 Å². The fourth-order valence-electron chi connectivity index (χ4n) is 2.46. The predicted molar refractivity (Wildman–Crippen MR) is 68.4 cm³/mol. The maximum absolute atomic E-state index is 3.18. The van der Waals surface area contributed by atoms with Gasteiger partial charge in [0, 0.05) is 12.6 Å². The topological polar surface area (TPSA) is 15.3 Å². The smallest absolute Gasteiger partial charge is 0.0319 e. The molecule has 2 rings (SSSR count). The summed E-state index contributed by atoms with van der Waals surface area (Å²) < 4.78 is 0. The Morgan fingerprint density at radius 3 is 2.38 bits per heavy atom. The molecule has 0 spiro atoms. The first-order valence-electron chi connectivity index (χ1n) is 6.29. The van der Waals surface area contributed by atoms with Crippen LogP contribution < -0.4 is 5.32 Å². The van der Waals surface area contributed by atoms with Gasteiger partial charge in [-0.1, -0.05) is 24.3 Å². The lowest BCUT2D eigenvalue weighted by Gasteiger charge is -2.24. The molecule has 0 aromatic heterocycles. The van der Waals surface area contributed by atoms with Gasteiger partial charge in [0.1, 0.15) is 0 Å². The van der Waals surface area contributed by atoms with E-state index in [1.807, 2.05) is 7.05 Å². The van der Waals surface area contributed by atoms with Crippen molar-refractivity contribution in [3.8, 4) is 0 Å². The molecule has 0 radical (unpaired) electrons. The second-order valence-electron chi connectivity index (χ2n) is 4.69. The fraction of sp³-hybridized carbons (Fsp3) is 0.571. The molecule has 1 atom stereocenters. The van der Waals surface area contributed by atoms with E-state index in [1.54, 1.807) is 0 Å². The van der Waals surface area contributed by atoms with Gasteiger partial charge in [0.2, 0.25) is 0 Å². The van der Waals surface area contributed by atoms with Crippen molar-refractivity contribution < 1.29 is 0 Å². The molecule has 0 amide bonds. The SMILES string of the molecule is CNCc1ccc(C(C)N2CCCC2)cc1. The average Bonchev–Trinajstić information content (AvgIpc) is 2.83. The molecular formula is C14H22N2. The summed E-state index contributed by atoms with van der Waals surface area (Å²) in [5, 5.41) is 3.18. The number of likely N-dealkylation sites (tertiary alicyclic amines) is 1. The van der Waals surface area contributed by atoms with Crippen molar-refractivity contribution in [2.45, 2.75) is 32.4 Å². The number of nitrogens with zero attached hydrogens (tertiary/aromatic N) is 1. The highest BCUT2D eigenvalue weighted by Gasteiger charge is 2.18. The number of benzene rings is 1. The van der Waals surface area contributed by atoms with Crippen LogP contribution >= 0.6 is 0 Å². The molecule has 1 aromatic rings. The zero-order valence-corrected chi connectivity index (χ0v) is 10.4. The minimum absolute atomic E-state index is 0.575. The molecule has 0 bridgehead atoms. The summed E-state index contributed by atoms with van der Waals surface area (Å²) in [7, 11) is 1.99. The van der Waals surface area contributed by atoms with Crippen LogP contribution in [0.2, 0.25) is 0 Å². The van der Waals surface area contributed by atoms with Crippen LogP contribution in [0.3, 0.4) is 0 Å². The molecule has 2 heteroatoms. The third kappa shape index (κ3) is 2.63. The maximum Gasteiger partial charge on any atom is 0.0319 e. The van der Waals surface area contributed by atoms with Gasteiger partial charge in [-0.3, -0.25) is 4.90 Å². The normalized spacial score (nSPS) is 18.9. The highest BCUT2D eigenvalue weighted by molar-refractivity contribution is 5.24. The van der Waals surface area contributed by atoms with Gasteiger partial charge < -0.3 is 5.32 Å². The average molecular weight is 218 g/mol. The summed E-state index contributed by atoms with van der Waals surface area (Å²) in [5.74, 6) is 0. The van der Waals surface area contributed by atoms with Crippen LogP contribution in [-0.4, -0.2) is 25.0 Å². The van der Waals surface area contributed by atoms with E-state index in [-0.39, 0.29) is 0 Å². The molecule has 88 valence electrons. The lowest BCUT2D eigenvalue weighted by Crippen LogP contribution is -2.23. The molecule has 1 N–H and O–H groups in total. The second-order valence-corrected chi connectivity index (χ2v) is 4.69. The Bertz CT molecular complexity index is 312. The van der Waals surface area contributed by atoms with Crippen molar-refractivity contribution in [2.75, 3.05) is 20.1 Å². The molecular weight excluding hydrogens is 196 g/mol. The van der Waals surface area contributed by atoms with Crippen LogP contribution in [0.5, 0.6) is 0 Å². The van der Waals surface area contributed by atoms with E-state index in [0.29, 0.717) is 6.04 Å². The van der Waals surface area contributed by atoms with Gasteiger partial charge in [-0.2, -0.15) is 0 Å². The molecule has 2 nitrogen and oxygen atoms in total. The highest BCUT2D eigenvalue weighted by Crippen LogP contribution is 2.24. The fourth-order valence-corrected chi connectivity index (χ4v) is 2.46. The molecule has 0 saturated carbocycles. The maximum atomic E-state index is 3.18. The standard InChI is InChI=1S/C14H22N2/c1-12(16-9-3-4-10-16)14-7-5-13(6-8-14)11-15-2/h5-8,12,15H,3-4,9-11H2,1-2H3. The zero-order valence-electron chi connectivity index (χ0n) is 10.4. The van der Waals surface area contributed by atoms with E-state index in [1.165, 1.54) is 37.1 Å². The lowest BCUT2D eigenvalue weighted by molar-refractivity contribution is 0.263. The van der Waals surface area contributed by atoms with Gasteiger partial charge in [-0.05, 0) is 51.0 Å². The lowest BCUT2D eigenvalue weighted by atomic mass is 10.1. The highest BCUT2D eigenvalue weighted by atomic mass is 15.2. The van der Waals surface area contributed by atoms with E-state index in [9.17, 15) is 0 Å². The zero-order chi connectivity index (χ0) is 11.4. The van der Waals surface area contributed by atoms with Crippen LogP contribution in [0.1, 0.15) is 36.9 Å². The van der Waals surface area contributed by atoms with Crippen LogP contribution in [0, 0.1) is 0 Å². The first kappa shape index (κ1) is 11.6.